The summed E-state index contributed by atoms with van der Waals surface area (Å²) in [7, 11) is 2.12. The maximum atomic E-state index is 3.76. The number of hydrogen-bond acceptors (Lipinski definition) is 2. The maximum absolute atomic E-state index is 3.76. The Hall–Kier alpha value is -1.12. The van der Waals surface area contributed by atoms with Gasteiger partial charge in [0.1, 0.15) is 0 Å². The second kappa shape index (κ2) is 5.99. The molecule has 1 aromatic carbocycles. The summed E-state index contributed by atoms with van der Waals surface area (Å²) in [5.74, 6) is 0. The third kappa shape index (κ3) is 4.33. The van der Waals surface area contributed by atoms with Gasteiger partial charge in [0.2, 0.25) is 0 Å². The molecule has 1 N–H and O–H groups in total. The molecule has 1 fully saturated rings. The molecule has 1 aliphatic carbocycles. The molecule has 1 aromatic rings. The Morgan fingerprint density at radius 1 is 1.41 bits per heavy atom. The first-order valence-corrected chi connectivity index (χ1v) is 6.38. The predicted molar refractivity (Wildman–Crippen MR) is 72.8 cm³/mol. The first-order valence-electron chi connectivity index (χ1n) is 6.38. The molecule has 92 valence electrons. The topological polar surface area (TPSA) is 15.3 Å². The second-order valence-electron chi connectivity index (χ2n) is 4.96. The van der Waals surface area contributed by atoms with Crippen molar-refractivity contribution in [3.8, 4) is 0 Å². The molecule has 0 heterocycles. The summed E-state index contributed by atoms with van der Waals surface area (Å²) < 4.78 is 0. The van der Waals surface area contributed by atoms with Gasteiger partial charge in [-0.15, -0.1) is 6.58 Å². The number of benzene rings is 1. The van der Waals surface area contributed by atoms with Crippen LogP contribution in [0, 0.1) is 0 Å². The zero-order valence-electron chi connectivity index (χ0n) is 10.7. The predicted octanol–water partition coefficient (Wildman–Crippen LogP) is 2.56. The quantitative estimate of drug-likeness (QED) is 0.724. The van der Waals surface area contributed by atoms with E-state index in [4.69, 9.17) is 0 Å². The Morgan fingerprint density at radius 3 is 2.88 bits per heavy atom. The standard InChI is InChI=1S/C15H22N2/c1-3-9-17(2)12-14-6-4-5-13(10-14)11-16-15-7-8-15/h3-6,10,15-16H,1,7-9,11-12H2,2H3. The van der Waals surface area contributed by atoms with Crippen molar-refractivity contribution in [1.29, 1.82) is 0 Å². The van der Waals surface area contributed by atoms with E-state index in [0.717, 1.165) is 25.7 Å². The van der Waals surface area contributed by atoms with E-state index in [-0.39, 0.29) is 0 Å². The molecule has 2 heteroatoms. The minimum absolute atomic E-state index is 0.780. The molecule has 2 nitrogen and oxygen atoms in total. The molecule has 1 saturated carbocycles. The van der Waals surface area contributed by atoms with Crippen molar-refractivity contribution < 1.29 is 0 Å². The number of nitrogens with one attached hydrogen (secondary N) is 1. The first-order chi connectivity index (χ1) is 8.28. The van der Waals surface area contributed by atoms with Crippen molar-refractivity contribution in [3.05, 3.63) is 48.0 Å². The number of hydrogen-bond donors (Lipinski definition) is 1. The van der Waals surface area contributed by atoms with Crippen molar-refractivity contribution in [3.63, 3.8) is 0 Å². The average molecular weight is 230 g/mol. The highest BCUT2D eigenvalue weighted by atomic mass is 15.1. The van der Waals surface area contributed by atoms with Gasteiger partial charge in [-0.05, 0) is 31.0 Å². The Bertz CT molecular complexity index is 369. The van der Waals surface area contributed by atoms with Crippen molar-refractivity contribution >= 4 is 0 Å². The lowest BCUT2D eigenvalue weighted by Crippen LogP contribution is -2.18. The van der Waals surface area contributed by atoms with Crippen LogP contribution in [0.25, 0.3) is 0 Å². The summed E-state index contributed by atoms with van der Waals surface area (Å²) >= 11 is 0. The lowest BCUT2D eigenvalue weighted by atomic mass is 10.1. The summed E-state index contributed by atoms with van der Waals surface area (Å²) in [6.07, 6.45) is 4.64. The molecule has 1 aliphatic rings. The van der Waals surface area contributed by atoms with Crippen LogP contribution in [0.4, 0.5) is 0 Å². The molecule has 0 bridgehead atoms. The van der Waals surface area contributed by atoms with Crippen LogP contribution in [0.1, 0.15) is 24.0 Å². The Balaban J connectivity index is 1.87. The molecule has 2 rings (SSSR count). The van der Waals surface area contributed by atoms with Gasteiger partial charge in [0.25, 0.3) is 0 Å². The van der Waals surface area contributed by atoms with Crippen LogP contribution >= 0.6 is 0 Å². The van der Waals surface area contributed by atoms with Crippen molar-refractivity contribution in [2.45, 2.75) is 32.0 Å². The van der Waals surface area contributed by atoms with E-state index in [1.807, 2.05) is 6.08 Å². The fourth-order valence-corrected chi connectivity index (χ4v) is 1.98. The normalized spacial score (nSPS) is 15.2. The van der Waals surface area contributed by atoms with E-state index in [9.17, 15) is 0 Å². The van der Waals surface area contributed by atoms with Crippen LogP contribution in [0.3, 0.4) is 0 Å². The van der Waals surface area contributed by atoms with Gasteiger partial charge < -0.3 is 5.32 Å². The van der Waals surface area contributed by atoms with Gasteiger partial charge in [-0.25, -0.2) is 0 Å². The lowest BCUT2D eigenvalue weighted by Gasteiger charge is -2.15. The van der Waals surface area contributed by atoms with Gasteiger partial charge in [0.05, 0.1) is 0 Å². The Labute approximate surface area is 104 Å². The van der Waals surface area contributed by atoms with Crippen molar-refractivity contribution in [2.75, 3.05) is 13.6 Å². The van der Waals surface area contributed by atoms with E-state index in [1.165, 1.54) is 24.0 Å². The number of nitrogens with zero attached hydrogens (tertiary/aromatic N) is 1. The zero-order valence-corrected chi connectivity index (χ0v) is 10.7. The van der Waals surface area contributed by atoms with Gasteiger partial charge in [0, 0.05) is 25.7 Å². The summed E-state index contributed by atoms with van der Waals surface area (Å²) in [5.41, 5.74) is 2.77. The van der Waals surface area contributed by atoms with Gasteiger partial charge in [-0.3, -0.25) is 4.90 Å². The summed E-state index contributed by atoms with van der Waals surface area (Å²) in [6.45, 7) is 6.69. The Kier molecular flexibility index (Phi) is 4.35. The fourth-order valence-electron chi connectivity index (χ4n) is 1.98. The van der Waals surface area contributed by atoms with Crippen LogP contribution in [0.2, 0.25) is 0 Å². The number of rotatable bonds is 7. The van der Waals surface area contributed by atoms with Gasteiger partial charge in [-0.2, -0.15) is 0 Å². The van der Waals surface area contributed by atoms with Crippen LogP contribution in [0.15, 0.2) is 36.9 Å². The van der Waals surface area contributed by atoms with Crippen LogP contribution in [-0.2, 0) is 13.1 Å². The smallest absolute Gasteiger partial charge is 0.0234 e. The highest BCUT2D eigenvalue weighted by Gasteiger charge is 2.19. The van der Waals surface area contributed by atoms with Crippen LogP contribution < -0.4 is 5.32 Å². The average Bonchev–Trinajstić information content (AvgIpc) is 3.11. The molecular weight excluding hydrogens is 208 g/mol. The minimum atomic E-state index is 0.780. The van der Waals surface area contributed by atoms with E-state index < -0.39 is 0 Å². The van der Waals surface area contributed by atoms with E-state index in [0.29, 0.717) is 0 Å². The highest BCUT2D eigenvalue weighted by molar-refractivity contribution is 5.23. The molecule has 0 radical (unpaired) electrons. The third-order valence-electron chi connectivity index (χ3n) is 3.06. The molecule has 0 aliphatic heterocycles. The molecule has 0 unspecified atom stereocenters. The summed E-state index contributed by atoms with van der Waals surface area (Å²) in [6, 6.07) is 9.63. The first kappa shape index (κ1) is 12.3. The Morgan fingerprint density at radius 2 is 2.18 bits per heavy atom. The lowest BCUT2D eigenvalue weighted by molar-refractivity contribution is 0.363. The zero-order chi connectivity index (χ0) is 12.1. The van der Waals surface area contributed by atoms with Gasteiger partial charge >= 0.3 is 0 Å². The molecule has 0 spiro atoms. The second-order valence-corrected chi connectivity index (χ2v) is 4.96. The van der Waals surface area contributed by atoms with Gasteiger partial charge in [0.15, 0.2) is 0 Å². The molecule has 0 amide bonds. The monoisotopic (exact) mass is 230 g/mol. The SMILES string of the molecule is C=CCN(C)Cc1cccc(CNC2CC2)c1. The summed E-state index contributed by atoms with van der Waals surface area (Å²) in [5, 5.41) is 3.55. The molecule has 17 heavy (non-hydrogen) atoms. The summed E-state index contributed by atoms with van der Waals surface area (Å²) in [4.78, 5) is 2.26. The fraction of sp³-hybridized carbons (Fsp3) is 0.467. The van der Waals surface area contributed by atoms with Crippen LogP contribution in [-0.4, -0.2) is 24.5 Å². The molecular formula is C15H22N2. The van der Waals surface area contributed by atoms with Crippen LogP contribution in [0.5, 0.6) is 0 Å². The maximum Gasteiger partial charge on any atom is 0.0234 e. The van der Waals surface area contributed by atoms with Crippen molar-refractivity contribution in [1.82, 2.24) is 10.2 Å². The molecule has 0 saturated heterocycles. The largest absolute Gasteiger partial charge is 0.310 e. The van der Waals surface area contributed by atoms with E-state index in [1.54, 1.807) is 0 Å². The van der Waals surface area contributed by atoms with Gasteiger partial charge in [-0.1, -0.05) is 30.3 Å². The number of likely N-dealkylation sites (N-methyl/N-ethyl adjacent to an activating group) is 1. The highest BCUT2D eigenvalue weighted by Crippen LogP contribution is 2.19. The van der Waals surface area contributed by atoms with E-state index in [2.05, 4.69) is 48.1 Å². The third-order valence-corrected chi connectivity index (χ3v) is 3.06. The minimum Gasteiger partial charge on any atom is -0.310 e. The molecule has 0 atom stereocenters. The molecule has 0 aromatic heterocycles. The van der Waals surface area contributed by atoms with E-state index >= 15 is 0 Å². The van der Waals surface area contributed by atoms with Crippen molar-refractivity contribution in [2.24, 2.45) is 0 Å².